The predicted molar refractivity (Wildman–Crippen MR) is 83.1 cm³/mol. The number of carboxylic acids is 1. The maximum absolute atomic E-state index is 11.9. The minimum atomic E-state index is -0.899. The van der Waals surface area contributed by atoms with Crippen LogP contribution in [0.2, 0.25) is 5.02 Å². The molecule has 0 fully saturated rings. The van der Waals surface area contributed by atoms with Crippen molar-refractivity contribution in [2.45, 2.75) is 12.8 Å². The molecule has 0 aromatic heterocycles. The van der Waals surface area contributed by atoms with Crippen LogP contribution in [-0.4, -0.2) is 23.5 Å². The summed E-state index contributed by atoms with van der Waals surface area (Å²) < 4.78 is 0. The van der Waals surface area contributed by atoms with E-state index in [0.717, 1.165) is 0 Å². The summed E-state index contributed by atoms with van der Waals surface area (Å²) in [4.78, 5) is 22.2. The quantitative estimate of drug-likeness (QED) is 0.262. The molecule has 0 heterocycles. The van der Waals surface area contributed by atoms with E-state index < -0.39 is 11.9 Å². The molecule has 1 rings (SSSR count). The van der Waals surface area contributed by atoms with Crippen LogP contribution in [0.4, 0.5) is 11.4 Å². The summed E-state index contributed by atoms with van der Waals surface area (Å²) in [6.07, 6.45) is 1.65. The normalized spacial score (nSPS) is 10.6. The van der Waals surface area contributed by atoms with Gasteiger partial charge in [-0.3, -0.25) is 9.59 Å². The number of rotatable bonds is 7. The zero-order chi connectivity index (χ0) is 16.5. The molecule has 22 heavy (non-hydrogen) atoms. The first kappa shape index (κ1) is 17.3. The number of amides is 1. The molecular formula is C14H15ClN4O3. The van der Waals surface area contributed by atoms with E-state index in [1.807, 2.05) is 0 Å². The fourth-order valence-corrected chi connectivity index (χ4v) is 1.65. The predicted octanol–water partition coefficient (Wildman–Crippen LogP) is 1.72. The van der Waals surface area contributed by atoms with Crippen LogP contribution in [0.25, 0.3) is 0 Å². The molecule has 1 aromatic rings. The molecule has 0 bridgehead atoms. The van der Waals surface area contributed by atoms with Crippen molar-refractivity contribution in [3.8, 4) is 6.07 Å². The fourth-order valence-electron chi connectivity index (χ4n) is 1.47. The Hall–Kier alpha value is -2.72. The first-order valence-electron chi connectivity index (χ1n) is 6.36. The number of nitrogens with one attached hydrogen (secondary N) is 2. The third-order valence-electron chi connectivity index (χ3n) is 2.58. The third kappa shape index (κ3) is 5.73. The largest absolute Gasteiger partial charge is 0.481 e. The summed E-state index contributed by atoms with van der Waals surface area (Å²) in [6.45, 7) is 0.346. The topological polar surface area (TPSA) is 128 Å². The Morgan fingerprint density at radius 2 is 2.18 bits per heavy atom. The molecule has 8 heteroatoms. The Morgan fingerprint density at radius 1 is 1.45 bits per heavy atom. The summed E-state index contributed by atoms with van der Waals surface area (Å²) in [5, 5.41) is 23.0. The van der Waals surface area contributed by atoms with Crippen LogP contribution in [0, 0.1) is 11.3 Å². The lowest BCUT2D eigenvalue weighted by molar-refractivity contribution is -0.137. The van der Waals surface area contributed by atoms with E-state index in [0.29, 0.717) is 29.4 Å². The van der Waals surface area contributed by atoms with Gasteiger partial charge in [-0.05, 0) is 24.6 Å². The molecule has 0 aliphatic rings. The summed E-state index contributed by atoms with van der Waals surface area (Å²) in [6, 6.07) is 6.34. The molecule has 0 saturated heterocycles. The third-order valence-corrected chi connectivity index (χ3v) is 2.91. The Bertz CT molecular complexity index is 637. The van der Waals surface area contributed by atoms with E-state index in [1.165, 1.54) is 18.3 Å². The lowest BCUT2D eigenvalue weighted by Gasteiger charge is -2.06. The molecule has 116 valence electrons. The highest BCUT2D eigenvalue weighted by Crippen LogP contribution is 2.22. The maximum Gasteiger partial charge on any atom is 0.303 e. The molecule has 1 amide bonds. The second-order valence-corrected chi connectivity index (χ2v) is 4.72. The van der Waals surface area contributed by atoms with E-state index >= 15 is 0 Å². The summed E-state index contributed by atoms with van der Waals surface area (Å²) >= 11 is 5.84. The van der Waals surface area contributed by atoms with Gasteiger partial charge in [0, 0.05) is 24.9 Å². The van der Waals surface area contributed by atoms with Gasteiger partial charge in [0.25, 0.3) is 5.91 Å². The van der Waals surface area contributed by atoms with Crippen LogP contribution < -0.4 is 16.4 Å². The van der Waals surface area contributed by atoms with Gasteiger partial charge in [0.1, 0.15) is 11.6 Å². The molecule has 0 radical (unpaired) electrons. The number of nitriles is 1. The highest BCUT2D eigenvalue weighted by molar-refractivity contribution is 6.33. The van der Waals surface area contributed by atoms with Crippen molar-refractivity contribution in [2.75, 3.05) is 17.6 Å². The average Bonchev–Trinajstić information content (AvgIpc) is 2.46. The van der Waals surface area contributed by atoms with Crippen molar-refractivity contribution in [3.63, 3.8) is 0 Å². The van der Waals surface area contributed by atoms with Gasteiger partial charge in [0.2, 0.25) is 0 Å². The number of hydrogen-bond donors (Lipinski definition) is 4. The van der Waals surface area contributed by atoms with Crippen molar-refractivity contribution in [2.24, 2.45) is 0 Å². The molecule has 7 nitrogen and oxygen atoms in total. The number of benzene rings is 1. The zero-order valence-corrected chi connectivity index (χ0v) is 12.4. The minimum Gasteiger partial charge on any atom is -0.481 e. The number of nitrogen functional groups attached to an aromatic ring is 1. The lowest BCUT2D eigenvalue weighted by atomic mass is 10.2. The average molecular weight is 323 g/mol. The van der Waals surface area contributed by atoms with Gasteiger partial charge in [-0.2, -0.15) is 5.26 Å². The second kappa shape index (κ2) is 8.54. The first-order chi connectivity index (χ1) is 10.4. The van der Waals surface area contributed by atoms with E-state index in [4.69, 9.17) is 27.7 Å². The number of hydrogen-bond acceptors (Lipinski definition) is 5. The molecule has 0 unspecified atom stereocenters. The zero-order valence-electron chi connectivity index (χ0n) is 11.6. The van der Waals surface area contributed by atoms with Gasteiger partial charge in [0.15, 0.2) is 0 Å². The van der Waals surface area contributed by atoms with Crippen molar-refractivity contribution in [3.05, 3.63) is 35.0 Å². The number of carbonyl (C=O) groups is 2. The van der Waals surface area contributed by atoms with Crippen molar-refractivity contribution < 1.29 is 14.7 Å². The Balaban J connectivity index is 2.58. The number of carboxylic acid groups (broad SMARTS) is 1. The van der Waals surface area contributed by atoms with Crippen molar-refractivity contribution >= 4 is 34.9 Å². The van der Waals surface area contributed by atoms with Crippen molar-refractivity contribution in [1.29, 1.82) is 5.26 Å². The van der Waals surface area contributed by atoms with E-state index in [2.05, 4.69) is 10.6 Å². The van der Waals surface area contributed by atoms with Gasteiger partial charge < -0.3 is 21.5 Å². The standard InChI is InChI=1S/C14H15ClN4O3/c15-11-6-10(3-4-12(11)17)19-14(22)9(7-16)8-18-5-1-2-13(20)21/h3-4,6,8,18H,1-2,5,17H2,(H,19,22)(H,20,21)/b9-8-. The SMILES string of the molecule is N#C/C(=C/NCCCC(=O)O)C(=O)Nc1ccc(N)c(Cl)c1. The number of carbonyl (C=O) groups excluding carboxylic acids is 1. The minimum absolute atomic E-state index is 0.0128. The van der Waals surface area contributed by atoms with Crippen LogP contribution in [0.3, 0.4) is 0 Å². The van der Waals surface area contributed by atoms with Crippen LogP contribution >= 0.6 is 11.6 Å². The van der Waals surface area contributed by atoms with Gasteiger partial charge in [0.05, 0.1) is 10.7 Å². The lowest BCUT2D eigenvalue weighted by Crippen LogP contribution is -2.17. The smallest absolute Gasteiger partial charge is 0.303 e. The van der Waals surface area contributed by atoms with E-state index in [9.17, 15) is 9.59 Å². The monoisotopic (exact) mass is 322 g/mol. The molecule has 1 aromatic carbocycles. The molecule has 0 saturated carbocycles. The number of halogens is 1. The van der Waals surface area contributed by atoms with Crippen LogP contribution in [0.15, 0.2) is 30.0 Å². The molecular weight excluding hydrogens is 308 g/mol. The van der Waals surface area contributed by atoms with E-state index in [-0.39, 0.29) is 12.0 Å². The molecule has 0 spiro atoms. The number of anilines is 2. The second-order valence-electron chi connectivity index (χ2n) is 4.31. The number of aliphatic carboxylic acids is 1. The Labute approximate surface area is 132 Å². The van der Waals surface area contributed by atoms with Gasteiger partial charge in [-0.15, -0.1) is 0 Å². The van der Waals surface area contributed by atoms with Crippen LogP contribution in [-0.2, 0) is 9.59 Å². The van der Waals surface area contributed by atoms with E-state index in [1.54, 1.807) is 12.1 Å². The summed E-state index contributed by atoms with van der Waals surface area (Å²) in [5.74, 6) is -1.50. The molecule has 5 N–H and O–H groups in total. The highest BCUT2D eigenvalue weighted by Gasteiger charge is 2.10. The number of nitrogens with two attached hydrogens (primary N) is 1. The molecule has 0 aliphatic heterocycles. The fraction of sp³-hybridized carbons (Fsp3) is 0.214. The maximum atomic E-state index is 11.9. The molecule has 0 atom stereocenters. The summed E-state index contributed by atoms with van der Waals surface area (Å²) in [5.41, 5.74) is 6.22. The first-order valence-corrected chi connectivity index (χ1v) is 6.73. The van der Waals surface area contributed by atoms with Crippen LogP contribution in [0.1, 0.15) is 12.8 Å². The van der Waals surface area contributed by atoms with Gasteiger partial charge in [-0.25, -0.2) is 0 Å². The Kier molecular flexibility index (Phi) is 6.73. The molecule has 0 aliphatic carbocycles. The van der Waals surface area contributed by atoms with Gasteiger partial charge in [-0.1, -0.05) is 11.6 Å². The summed E-state index contributed by atoms with van der Waals surface area (Å²) in [7, 11) is 0. The van der Waals surface area contributed by atoms with Gasteiger partial charge >= 0.3 is 5.97 Å². The van der Waals surface area contributed by atoms with Crippen molar-refractivity contribution in [1.82, 2.24) is 5.32 Å². The Morgan fingerprint density at radius 3 is 2.77 bits per heavy atom. The van der Waals surface area contributed by atoms with Crippen LogP contribution in [0.5, 0.6) is 0 Å². The highest BCUT2D eigenvalue weighted by atomic mass is 35.5. The number of nitrogens with zero attached hydrogens (tertiary/aromatic N) is 1.